The lowest BCUT2D eigenvalue weighted by Crippen LogP contribution is -1.76. The number of carbonyl (C=O) groups excluding carboxylic acids is 1. The number of halogens is 2. The molecule has 1 nitrogen and oxygen atoms in total. The normalized spacial score (nSPS) is 10.6. The lowest BCUT2D eigenvalue weighted by Gasteiger charge is -1.91. The largest absolute Gasteiger partial charge is 0.298 e. The van der Waals surface area contributed by atoms with Crippen molar-refractivity contribution in [3.8, 4) is 0 Å². The number of carbonyl (C=O) groups is 1. The summed E-state index contributed by atoms with van der Waals surface area (Å²) in [5.74, 6) is 0. The molecule has 1 aromatic carbocycles. The third-order valence-electron chi connectivity index (χ3n) is 1.75. The molecule has 0 spiro atoms. The molecule has 0 saturated carbocycles. The molecule has 66 valence electrons. The van der Waals surface area contributed by atoms with Crippen molar-refractivity contribution in [3.05, 3.63) is 33.1 Å². The molecule has 0 saturated heterocycles. The van der Waals surface area contributed by atoms with Gasteiger partial charge in [0.05, 0.1) is 5.02 Å². The highest BCUT2D eigenvalue weighted by Gasteiger charge is 2.08. The van der Waals surface area contributed by atoms with E-state index in [1.807, 2.05) is 6.07 Å². The Morgan fingerprint density at radius 1 is 1.31 bits per heavy atom. The number of aldehydes is 1. The van der Waals surface area contributed by atoms with E-state index in [2.05, 4.69) is 0 Å². The Bertz CT molecular complexity index is 476. The lowest BCUT2D eigenvalue weighted by molar-refractivity contribution is 0.112. The summed E-state index contributed by atoms with van der Waals surface area (Å²) < 4.78 is 1.57. The molecule has 0 amide bonds. The van der Waals surface area contributed by atoms with Crippen LogP contribution in [0.3, 0.4) is 0 Å². The quantitative estimate of drug-likeness (QED) is 0.677. The third-order valence-corrected chi connectivity index (χ3v) is 3.73. The molecule has 13 heavy (non-hydrogen) atoms. The van der Waals surface area contributed by atoms with Gasteiger partial charge in [0.25, 0.3) is 0 Å². The van der Waals surface area contributed by atoms with Gasteiger partial charge in [-0.05, 0) is 12.1 Å². The summed E-state index contributed by atoms with van der Waals surface area (Å²) in [6.07, 6.45) is 0.793. The minimum absolute atomic E-state index is 0.533. The second-order valence-electron chi connectivity index (χ2n) is 2.56. The fourth-order valence-corrected chi connectivity index (χ4v) is 2.61. The van der Waals surface area contributed by atoms with Crippen molar-refractivity contribution in [1.29, 1.82) is 0 Å². The second kappa shape index (κ2) is 3.29. The topological polar surface area (TPSA) is 17.1 Å². The molecule has 0 unspecified atom stereocenters. The average molecular weight is 231 g/mol. The van der Waals surface area contributed by atoms with Crippen LogP contribution < -0.4 is 0 Å². The van der Waals surface area contributed by atoms with E-state index < -0.39 is 0 Å². The van der Waals surface area contributed by atoms with Crippen LogP contribution in [0, 0.1) is 0 Å². The van der Waals surface area contributed by atoms with Gasteiger partial charge in [-0.2, -0.15) is 0 Å². The van der Waals surface area contributed by atoms with E-state index in [4.69, 9.17) is 23.2 Å². The monoisotopic (exact) mass is 230 g/mol. The number of hydrogen-bond acceptors (Lipinski definition) is 2. The molecule has 1 aromatic heterocycles. The van der Waals surface area contributed by atoms with E-state index >= 15 is 0 Å². The van der Waals surface area contributed by atoms with Crippen LogP contribution in [0.25, 0.3) is 10.1 Å². The summed E-state index contributed by atoms with van der Waals surface area (Å²) in [7, 11) is 0. The minimum Gasteiger partial charge on any atom is -0.298 e. The molecule has 2 rings (SSSR count). The first-order valence-corrected chi connectivity index (χ1v) is 5.12. The molecule has 0 N–H and O–H groups in total. The maximum Gasteiger partial charge on any atom is 0.150 e. The Balaban J connectivity index is 2.81. The van der Waals surface area contributed by atoms with E-state index in [0.717, 1.165) is 16.4 Å². The molecule has 0 bridgehead atoms. The summed E-state index contributed by atoms with van der Waals surface area (Å²) in [5, 5.41) is 1.38. The molecular formula is C9H4Cl2OS. The zero-order valence-corrected chi connectivity index (χ0v) is 8.71. The van der Waals surface area contributed by atoms with Gasteiger partial charge in [0.2, 0.25) is 0 Å². The van der Waals surface area contributed by atoms with Crippen molar-refractivity contribution >= 4 is 50.9 Å². The van der Waals surface area contributed by atoms with Crippen molar-refractivity contribution in [2.24, 2.45) is 0 Å². The molecular weight excluding hydrogens is 227 g/mol. The second-order valence-corrected chi connectivity index (χ2v) is 4.60. The van der Waals surface area contributed by atoms with Crippen molar-refractivity contribution in [2.75, 3.05) is 0 Å². The standard InChI is InChI=1S/C9H4Cl2OS/c10-8-6-3-5(4-12)1-2-7(6)13-9(8)11/h1-4H. The maximum absolute atomic E-state index is 10.5. The average Bonchev–Trinajstić information content (AvgIpc) is 2.43. The van der Waals surface area contributed by atoms with Gasteiger partial charge in [-0.15, -0.1) is 11.3 Å². The van der Waals surface area contributed by atoms with Gasteiger partial charge in [-0.1, -0.05) is 29.3 Å². The van der Waals surface area contributed by atoms with Gasteiger partial charge < -0.3 is 0 Å². The summed E-state index contributed by atoms with van der Waals surface area (Å²) in [6, 6.07) is 5.34. The Morgan fingerprint density at radius 3 is 2.77 bits per heavy atom. The number of thiophene rings is 1. The van der Waals surface area contributed by atoms with Gasteiger partial charge in [0, 0.05) is 15.6 Å². The SMILES string of the molecule is O=Cc1ccc2sc(Cl)c(Cl)c2c1. The van der Waals surface area contributed by atoms with Crippen molar-refractivity contribution in [2.45, 2.75) is 0 Å². The predicted molar refractivity (Wildman–Crippen MR) is 57.2 cm³/mol. The van der Waals surface area contributed by atoms with E-state index in [1.54, 1.807) is 12.1 Å². The Morgan fingerprint density at radius 2 is 2.08 bits per heavy atom. The number of fused-ring (bicyclic) bond motifs is 1. The fourth-order valence-electron chi connectivity index (χ4n) is 1.13. The summed E-state index contributed by atoms with van der Waals surface area (Å²) >= 11 is 13.2. The fraction of sp³-hybridized carbons (Fsp3) is 0. The molecule has 0 radical (unpaired) electrons. The first-order chi connectivity index (χ1) is 6.22. The first-order valence-electron chi connectivity index (χ1n) is 3.55. The number of hydrogen-bond donors (Lipinski definition) is 0. The summed E-state index contributed by atoms with van der Waals surface area (Å²) in [5.41, 5.74) is 0.615. The highest BCUT2D eigenvalue weighted by molar-refractivity contribution is 7.23. The summed E-state index contributed by atoms with van der Waals surface area (Å²) in [6.45, 7) is 0. The highest BCUT2D eigenvalue weighted by atomic mass is 35.5. The maximum atomic E-state index is 10.5. The van der Waals surface area contributed by atoms with Crippen molar-refractivity contribution in [3.63, 3.8) is 0 Å². The molecule has 0 aliphatic carbocycles. The molecule has 4 heteroatoms. The molecule has 0 fully saturated rings. The van der Waals surface area contributed by atoms with E-state index in [-0.39, 0.29) is 0 Å². The Kier molecular flexibility index (Phi) is 2.28. The van der Waals surface area contributed by atoms with Crippen LogP contribution in [0.1, 0.15) is 10.4 Å². The van der Waals surface area contributed by atoms with Gasteiger partial charge in [-0.3, -0.25) is 4.79 Å². The first kappa shape index (κ1) is 9.00. The number of rotatable bonds is 1. The van der Waals surface area contributed by atoms with E-state index in [9.17, 15) is 4.79 Å². The zero-order valence-electron chi connectivity index (χ0n) is 6.38. The third kappa shape index (κ3) is 1.46. The molecule has 0 aliphatic rings. The lowest BCUT2D eigenvalue weighted by atomic mass is 10.2. The van der Waals surface area contributed by atoms with Crippen LogP contribution in [0.5, 0.6) is 0 Å². The zero-order chi connectivity index (χ0) is 9.42. The van der Waals surface area contributed by atoms with Crippen LogP contribution in [0.15, 0.2) is 18.2 Å². The van der Waals surface area contributed by atoms with Gasteiger partial charge >= 0.3 is 0 Å². The Labute approximate surface area is 88.9 Å². The van der Waals surface area contributed by atoms with Gasteiger partial charge in [0.1, 0.15) is 10.6 Å². The van der Waals surface area contributed by atoms with E-state index in [1.165, 1.54) is 11.3 Å². The smallest absolute Gasteiger partial charge is 0.150 e. The van der Waals surface area contributed by atoms with Crippen molar-refractivity contribution in [1.82, 2.24) is 0 Å². The van der Waals surface area contributed by atoms with Crippen LogP contribution in [0.2, 0.25) is 9.36 Å². The molecule has 1 heterocycles. The molecule has 2 aromatic rings. The Hall–Kier alpha value is -0.570. The molecule has 0 atom stereocenters. The minimum atomic E-state index is 0.533. The number of benzene rings is 1. The summed E-state index contributed by atoms with van der Waals surface area (Å²) in [4.78, 5) is 10.5. The predicted octanol–water partition coefficient (Wildman–Crippen LogP) is 4.02. The van der Waals surface area contributed by atoms with E-state index in [0.29, 0.717) is 14.9 Å². The van der Waals surface area contributed by atoms with Crippen molar-refractivity contribution < 1.29 is 4.79 Å². The van der Waals surface area contributed by atoms with Gasteiger partial charge in [0.15, 0.2) is 0 Å². The highest BCUT2D eigenvalue weighted by Crippen LogP contribution is 2.38. The van der Waals surface area contributed by atoms with Crippen LogP contribution in [-0.4, -0.2) is 6.29 Å². The van der Waals surface area contributed by atoms with Crippen LogP contribution >= 0.6 is 34.5 Å². The van der Waals surface area contributed by atoms with Crippen LogP contribution in [0.4, 0.5) is 0 Å². The molecule has 0 aliphatic heterocycles. The van der Waals surface area contributed by atoms with Gasteiger partial charge in [-0.25, -0.2) is 0 Å². The van der Waals surface area contributed by atoms with Crippen LogP contribution in [-0.2, 0) is 0 Å².